The minimum atomic E-state index is 0.790. The number of rotatable bonds is 6. The molecule has 1 nitrogen and oxygen atoms in total. The van der Waals surface area contributed by atoms with Gasteiger partial charge < -0.3 is 0 Å². The maximum Gasteiger partial charge on any atom is 0.0702 e. The van der Waals surface area contributed by atoms with Gasteiger partial charge >= 0.3 is 0 Å². The second-order valence-corrected chi connectivity index (χ2v) is 5.91. The highest BCUT2D eigenvalue weighted by molar-refractivity contribution is 5.78. The van der Waals surface area contributed by atoms with Crippen molar-refractivity contribution in [2.45, 2.75) is 51.4 Å². The summed E-state index contributed by atoms with van der Waals surface area (Å²) in [5, 5.41) is 1.29. The highest BCUT2D eigenvalue weighted by Gasteiger charge is 2.37. The van der Waals surface area contributed by atoms with Gasteiger partial charge in [-0.1, -0.05) is 50.8 Å². The molecular weight excluding hydrogens is 230 g/mol. The van der Waals surface area contributed by atoms with Crippen molar-refractivity contribution >= 4 is 10.9 Å². The van der Waals surface area contributed by atoms with Crippen molar-refractivity contribution in [2.75, 3.05) is 0 Å². The van der Waals surface area contributed by atoms with Crippen molar-refractivity contribution in [3.63, 3.8) is 0 Å². The molecule has 1 heterocycles. The number of unbranched alkanes of at least 4 members (excludes halogenated alkanes) is 3. The number of hydrogen-bond donors (Lipinski definition) is 0. The van der Waals surface area contributed by atoms with Crippen LogP contribution in [0.4, 0.5) is 0 Å². The largest absolute Gasteiger partial charge is 0.256 e. The Kier molecular flexibility index (Phi) is 3.82. The fourth-order valence-corrected chi connectivity index (χ4v) is 3.10. The van der Waals surface area contributed by atoms with Crippen LogP contribution in [0.15, 0.2) is 36.5 Å². The van der Waals surface area contributed by atoms with E-state index in [1.54, 1.807) is 0 Å². The van der Waals surface area contributed by atoms with E-state index in [0.717, 1.165) is 17.4 Å². The normalized spacial score (nSPS) is 21.7. The number of para-hydroxylation sites is 1. The Labute approximate surface area is 116 Å². The van der Waals surface area contributed by atoms with Crippen LogP contribution in [0.1, 0.15) is 56.9 Å². The lowest BCUT2D eigenvalue weighted by atomic mass is 10.0. The molecule has 0 amide bonds. The van der Waals surface area contributed by atoms with Gasteiger partial charge in [-0.15, -0.1) is 0 Å². The van der Waals surface area contributed by atoms with Crippen molar-refractivity contribution in [2.24, 2.45) is 5.92 Å². The second-order valence-electron chi connectivity index (χ2n) is 5.91. The summed E-state index contributed by atoms with van der Waals surface area (Å²) in [5.41, 5.74) is 2.57. The molecule has 0 aliphatic heterocycles. The van der Waals surface area contributed by atoms with Crippen molar-refractivity contribution in [1.29, 1.82) is 0 Å². The zero-order chi connectivity index (χ0) is 13.1. The van der Waals surface area contributed by atoms with Crippen molar-refractivity contribution < 1.29 is 0 Å². The molecule has 1 saturated carbocycles. The average molecular weight is 253 g/mol. The van der Waals surface area contributed by atoms with Gasteiger partial charge in [-0.05, 0) is 42.4 Å². The van der Waals surface area contributed by atoms with E-state index in [2.05, 4.69) is 48.4 Å². The lowest BCUT2D eigenvalue weighted by molar-refractivity contribution is 0.589. The zero-order valence-electron chi connectivity index (χ0n) is 11.8. The predicted octanol–water partition coefficient (Wildman–Crippen LogP) is 5.31. The predicted molar refractivity (Wildman–Crippen MR) is 81.4 cm³/mol. The van der Waals surface area contributed by atoms with E-state index in [9.17, 15) is 0 Å². The van der Waals surface area contributed by atoms with E-state index >= 15 is 0 Å². The standard InChI is InChI=1S/C18H23N/c1-2-3-4-5-8-14-12-17(14)16-11-15-9-6-7-10-18(15)19-13-16/h6-7,9-11,13-14,17H,2-5,8,12H2,1H3/t14-,17-/m0/s1. The van der Waals surface area contributed by atoms with E-state index in [1.807, 2.05) is 0 Å². The molecular formula is C18H23N. The minimum absolute atomic E-state index is 0.790. The minimum Gasteiger partial charge on any atom is -0.256 e. The van der Waals surface area contributed by atoms with E-state index in [1.165, 1.54) is 49.5 Å². The van der Waals surface area contributed by atoms with Crippen molar-refractivity contribution in [3.8, 4) is 0 Å². The molecule has 0 N–H and O–H groups in total. The fraction of sp³-hybridized carbons (Fsp3) is 0.500. The Balaban J connectivity index is 1.60. The molecule has 1 aliphatic rings. The first-order valence-corrected chi connectivity index (χ1v) is 7.73. The first-order chi connectivity index (χ1) is 9.38. The number of hydrogen-bond acceptors (Lipinski definition) is 1. The van der Waals surface area contributed by atoms with Gasteiger partial charge in [-0.25, -0.2) is 0 Å². The molecule has 1 fully saturated rings. The zero-order valence-corrected chi connectivity index (χ0v) is 11.8. The van der Waals surface area contributed by atoms with Crippen LogP contribution in [0.5, 0.6) is 0 Å². The highest BCUT2D eigenvalue weighted by Crippen LogP contribution is 2.50. The molecule has 1 aromatic carbocycles. The van der Waals surface area contributed by atoms with E-state index < -0.39 is 0 Å². The van der Waals surface area contributed by atoms with Crippen LogP contribution in [0, 0.1) is 5.92 Å². The molecule has 0 unspecified atom stereocenters. The maximum atomic E-state index is 4.59. The number of nitrogens with zero attached hydrogens (tertiary/aromatic N) is 1. The first-order valence-electron chi connectivity index (χ1n) is 7.73. The van der Waals surface area contributed by atoms with Crippen LogP contribution in [-0.4, -0.2) is 4.98 Å². The molecule has 19 heavy (non-hydrogen) atoms. The van der Waals surface area contributed by atoms with E-state index in [4.69, 9.17) is 0 Å². The molecule has 2 aromatic rings. The van der Waals surface area contributed by atoms with Crippen LogP contribution in [0.2, 0.25) is 0 Å². The molecule has 0 saturated heterocycles. The van der Waals surface area contributed by atoms with E-state index in [0.29, 0.717) is 0 Å². The first kappa shape index (κ1) is 12.7. The number of benzene rings is 1. The van der Waals surface area contributed by atoms with Gasteiger partial charge in [0.15, 0.2) is 0 Å². The third-order valence-corrected chi connectivity index (χ3v) is 4.39. The average Bonchev–Trinajstić information content (AvgIpc) is 3.23. The quantitative estimate of drug-likeness (QED) is 0.636. The number of pyridine rings is 1. The second kappa shape index (κ2) is 5.73. The summed E-state index contributed by atoms with van der Waals surface area (Å²) >= 11 is 0. The Bertz CT molecular complexity index is 546. The molecule has 0 bridgehead atoms. The Morgan fingerprint density at radius 2 is 2.05 bits per heavy atom. The van der Waals surface area contributed by atoms with Gasteiger partial charge in [0.2, 0.25) is 0 Å². The summed E-state index contributed by atoms with van der Waals surface area (Å²) in [7, 11) is 0. The molecule has 1 aromatic heterocycles. The topological polar surface area (TPSA) is 12.9 Å². The third kappa shape index (κ3) is 2.97. The Hall–Kier alpha value is -1.37. The maximum absolute atomic E-state index is 4.59. The van der Waals surface area contributed by atoms with Gasteiger partial charge in [-0.2, -0.15) is 0 Å². The molecule has 2 atom stereocenters. The summed E-state index contributed by atoms with van der Waals surface area (Å²) in [6.45, 7) is 2.28. The summed E-state index contributed by atoms with van der Waals surface area (Å²) in [6, 6.07) is 10.8. The fourth-order valence-electron chi connectivity index (χ4n) is 3.10. The molecule has 100 valence electrons. The highest BCUT2D eigenvalue weighted by atomic mass is 14.7. The van der Waals surface area contributed by atoms with Crippen LogP contribution < -0.4 is 0 Å². The monoisotopic (exact) mass is 253 g/mol. The van der Waals surface area contributed by atoms with Gasteiger partial charge in [0.25, 0.3) is 0 Å². The molecule has 0 radical (unpaired) electrons. The Morgan fingerprint density at radius 3 is 2.95 bits per heavy atom. The van der Waals surface area contributed by atoms with E-state index in [-0.39, 0.29) is 0 Å². The smallest absolute Gasteiger partial charge is 0.0702 e. The van der Waals surface area contributed by atoms with Gasteiger partial charge in [0.1, 0.15) is 0 Å². The lowest BCUT2D eigenvalue weighted by Gasteiger charge is -2.03. The summed E-state index contributed by atoms with van der Waals surface area (Å²) in [4.78, 5) is 4.59. The summed E-state index contributed by atoms with van der Waals surface area (Å²) in [6.07, 6.45) is 10.5. The van der Waals surface area contributed by atoms with Gasteiger partial charge in [0.05, 0.1) is 5.52 Å². The van der Waals surface area contributed by atoms with Gasteiger partial charge in [0, 0.05) is 11.6 Å². The number of fused-ring (bicyclic) bond motifs is 1. The van der Waals surface area contributed by atoms with Crippen LogP contribution >= 0.6 is 0 Å². The molecule has 1 heteroatoms. The third-order valence-electron chi connectivity index (χ3n) is 4.39. The van der Waals surface area contributed by atoms with Crippen LogP contribution in [0.25, 0.3) is 10.9 Å². The molecule has 1 aliphatic carbocycles. The SMILES string of the molecule is CCCCCC[C@H]1C[C@@H]1c1cnc2ccccc2c1. The lowest BCUT2D eigenvalue weighted by Crippen LogP contribution is -1.88. The molecule has 0 spiro atoms. The van der Waals surface area contributed by atoms with Crippen LogP contribution in [0.3, 0.4) is 0 Å². The van der Waals surface area contributed by atoms with Crippen molar-refractivity contribution in [3.05, 3.63) is 42.1 Å². The molecule has 3 rings (SSSR count). The van der Waals surface area contributed by atoms with Crippen molar-refractivity contribution in [1.82, 2.24) is 4.98 Å². The summed E-state index contributed by atoms with van der Waals surface area (Å²) < 4.78 is 0. The van der Waals surface area contributed by atoms with Crippen LogP contribution in [-0.2, 0) is 0 Å². The summed E-state index contributed by atoms with van der Waals surface area (Å²) in [5.74, 6) is 1.72. The van der Waals surface area contributed by atoms with Gasteiger partial charge in [-0.3, -0.25) is 4.98 Å². The number of aromatic nitrogens is 1. The Morgan fingerprint density at radius 1 is 1.16 bits per heavy atom.